The Labute approximate surface area is 220 Å². The second kappa shape index (κ2) is 13.1. The van der Waals surface area contributed by atoms with E-state index in [9.17, 15) is 13.8 Å². The zero-order valence-corrected chi connectivity index (χ0v) is 23.3. The van der Waals surface area contributed by atoms with Crippen molar-refractivity contribution >= 4 is 8.03 Å². The molecule has 198 valence electrons. The van der Waals surface area contributed by atoms with Crippen LogP contribution in [0.4, 0.5) is 4.39 Å². The molecular weight excluding hydrogens is 490 g/mol. The van der Waals surface area contributed by atoms with Gasteiger partial charge in [-0.2, -0.15) is 4.89 Å². The number of hydrogen-bond donors (Lipinski definition) is 1. The zero-order chi connectivity index (χ0) is 27.1. The van der Waals surface area contributed by atoms with Crippen LogP contribution in [0.1, 0.15) is 57.2 Å². The first-order valence-electron chi connectivity index (χ1n) is 12.5. The van der Waals surface area contributed by atoms with Gasteiger partial charge in [0.05, 0.1) is 13.3 Å². The summed E-state index contributed by atoms with van der Waals surface area (Å²) in [5.74, 6) is 0.605. The summed E-state index contributed by atoms with van der Waals surface area (Å²) >= 11 is 0. The van der Waals surface area contributed by atoms with Crippen molar-refractivity contribution in [3.8, 4) is 22.8 Å². The lowest BCUT2D eigenvalue weighted by atomic mass is 9.96. The molecule has 8 heteroatoms. The van der Waals surface area contributed by atoms with Gasteiger partial charge in [-0.3, -0.25) is 4.90 Å². The molecule has 0 saturated heterocycles. The highest BCUT2D eigenvalue weighted by Gasteiger charge is 2.20. The lowest BCUT2D eigenvalue weighted by molar-refractivity contribution is 0.166. The molecule has 0 aliphatic carbocycles. The smallest absolute Gasteiger partial charge is 0.489 e. The van der Waals surface area contributed by atoms with E-state index in [4.69, 9.17) is 9.47 Å². The predicted octanol–water partition coefficient (Wildman–Crippen LogP) is 6.93. The first-order chi connectivity index (χ1) is 17.6. The van der Waals surface area contributed by atoms with Gasteiger partial charge in [0, 0.05) is 36.2 Å². The van der Waals surface area contributed by atoms with Gasteiger partial charge in [-0.05, 0) is 66.6 Å². The highest BCUT2D eigenvalue weighted by molar-refractivity contribution is 7.38. The molecule has 0 spiro atoms. The molecule has 37 heavy (non-hydrogen) atoms. The minimum atomic E-state index is -2.20. The normalized spacial score (nSPS) is 12.8. The van der Waals surface area contributed by atoms with Crippen molar-refractivity contribution in [2.75, 3.05) is 13.3 Å². The summed E-state index contributed by atoms with van der Waals surface area (Å²) in [6.07, 6.45) is 1.40. The van der Waals surface area contributed by atoms with Gasteiger partial charge in [0.1, 0.15) is 18.2 Å². The SMILES string of the molecule is COc1cc(-c2ccc(COc3cccc(C(C)C[P+](=O)O)c3)cc2CN(C(C)C)C(C)C)c(F)cn1. The highest BCUT2D eigenvalue weighted by atomic mass is 31.1. The summed E-state index contributed by atoms with van der Waals surface area (Å²) in [7, 11) is -0.681. The van der Waals surface area contributed by atoms with Crippen LogP contribution in [0.2, 0.25) is 0 Å². The van der Waals surface area contributed by atoms with Crippen LogP contribution in [-0.2, 0) is 17.7 Å². The van der Waals surface area contributed by atoms with Gasteiger partial charge in [-0.25, -0.2) is 9.37 Å². The summed E-state index contributed by atoms with van der Waals surface area (Å²) in [6, 6.07) is 15.8. The predicted molar refractivity (Wildman–Crippen MR) is 146 cm³/mol. The minimum absolute atomic E-state index is 0.0478. The van der Waals surface area contributed by atoms with Crippen LogP contribution < -0.4 is 9.47 Å². The van der Waals surface area contributed by atoms with E-state index in [2.05, 4.69) is 43.6 Å². The molecule has 0 radical (unpaired) electrons. The minimum Gasteiger partial charge on any atom is -0.489 e. The van der Waals surface area contributed by atoms with E-state index in [0.29, 0.717) is 42.4 Å². The van der Waals surface area contributed by atoms with E-state index in [1.54, 1.807) is 6.07 Å². The first kappa shape index (κ1) is 28.7. The topological polar surface area (TPSA) is 71.9 Å². The molecule has 2 unspecified atom stereocenters. The summed E-state index contributed by atoms with van der Waals surface area (Å²) in [6.45, 7) is 11.5. The number of rotatable bonds is 12. The van der Waals surface area contributed by atoms with Gasteiger partial charge < -0.3 is 9.47 Å². The number of nitrogens with zero attached hydrogens (tertiary/aromatic N) is 2. The maximum Gasteiger partial charge on any atom is 0.506 e. The number of halogens is 1. The Morgan fingerprint density at radius 1 is 1.03 bits per heavy atom. The van der Waals surface area contributed by atoms with Crippen LogP contribution in [0.25, 0.3) is 11.1 Å². The van der Waals surface area contributed by atoms with E-state index in [1.165, 1.54) is 13.3 Å². The van der Waals surface area contributed by atoms with E-state index < -0.39 is 13.8 Å². The Kier molecular flexibility index (Phi) is 10.2. The Bertz CT molecular complexity index is 1210. The molecule has 0 fully saturated rings. The van der Waals surface area contributed by atoms with Crippen LogP contribution in [0, 0.1) is 5.82 Å². The standard InChI is InChI=1S/C29H36FN2O4P/c1-19(2)32(20(3)4)16-24-12-22(10-11-26(24)27-14-29(35-6)31-15-28(27)30)17-36-25-9-7-8-23(13-25)21(5)18-37(33)34/h7-15,19-21H,16-18H2,1-6H3/p+1. The van der Waals surface area contributed by atoms with Crippen molar-refractivity contribution in [3.05, 3.63) is 77.2 Å². The molecule has 3 rings (SSSR count). The zero-order valence-electron chi connectivity index (χ0n) is 22.4. The maximum absolute atomic E-state index is 14.9. The third kappa shape index (κ3) is 7.81. The van der Waals surface area contributed by atoms with Crippen LogP contribution in [0.15, 0.2) is 54.7 Å². The number of hydrogen-bond acceptors (Lipinski definition) is 5. The molecule has 0 bridgehead atoms. The van der Waals surface area contributed by atoms with Crippen molar-refractivity contribution in [2.45, 2.75) is 65.8 Å². The van der Waals surface area contributed by atoms with Gasteiger partial charge >= 0.3 is 8.03 Å². The third-order valence-electron chi connectivity index (χ3n) is 6.44. The van der Waals surface area contributed by atoms with Crippen molar-refractivity contribution in [1.82, 2.24) is 9.88 Å². The molecule has 1 heterocycles. The Hall–Kier alpha value is -2.86. The largest absolute Gasteiger partial charge is 0.506 e. The van der Waals surface area contributed by atoms with Crippen molar-refractivity contribution in [1.29, 1.82) is 0 Å². The maximum atomic E-state index is 14.9. The molecule has 1 aromatic heterocycles. The Morgan fingerprint density at radius 2 is 1.76 bits per heavy atom. The number of methoxy groups -OCH3 is 1. The molecule has 0 aliphatic heterocycles. The van der Waals surface area contributed by atoms with Crippen LogP contribution in [0.5, 0.6) is 11.6 Å². The number of ether oxygens (including phenoxy) is 2. The molecule has 6 nitrogen and oxygen atoms in total. The van der Waals surface area contributed by atoms with Gasteiger partial charge in [-0.15, -0.1) is 0 Å². The van der Waals surface area contributed by atoms with E-state index >= 15 is 0 Å². The Balaban J connectivity index is 1.92. The molecule has 2 aromatic carbocycles. The molecule has 1 N–H and O–H groups in total. The molecule has 2 atom stereocenters. The lowest BCUT2D eigenvalue weighted by Crippen LogP contribution is -2.36. The molecular formula is C29H37FN2O4P+. The quantitative estimate of drug-likeness (QED) is 0.258. The van der Waals surface area contributed by atoms with Crippen molar-refractivity contribution < 1.29 is 23.3 Å². The van der Waals surface area contributed by atoms with Crippen LogP contribution in [0.3, 0.4) is 0 Å². The van der Waals surface area contributed by atoms with E-state index in [0.717, 1.165) is 22.3 Å². The van der Waals surface area contributed by atoms with Crippen LogP contribution in [-0.4, -0.2) is 40.1 Å². The fourth-order valence-corrected chi connectivity index (χ4v) is 5.12. The highest BCUT2D eigenvalue weighted by Crippen LogP contribution is 2.32. The lowest BCUT2D eigenvalue weighted by Gasteiger charge is -2.31. The van der Waals surface area contributed by atoms with E-state index in [-0.39, 0.29) is 12.1 Å². The third-order valence-corrected chi connectivity index (χ3v) is 7.30. The number of benzene rings is 2. The molecule has 0 aliphatic rings. The van der Waals surface area contributed by atoms with Gasteiger partial charge in [-0.1, -0.05) is 37.3 Å². The fourth-order valence-electron chi connectivity index (χ4n) is 4.44. The van der Waals surface area contributed by atoms with Gasteiger partial charge in [0.15, 0.2) is 6.16 Å². The average Bonchev–Trinajstić information content (AvgIpc) is 2.86. The second-order valence-corrected chi connectivity index (χ2v) is 10.9. The van der Waals surface area contributed by atoms with Crippen LogP contribution >= 0.6 is 8.03 Å². The first-order valence-corrected chi connectivity index (χ1v) is 13.9. The van der Waals surface area contributed by atoms with Crippen molar-refractivity contribution in [3.63, 3.8) is 0 Å². The Morgan fingerprint density at radius 3 is 2.41 bits per heavy atom. The van der Waals surface area contributed by atoms with Crippen molar-refractivity contribution in [2.24, 2.45) is 0 Å². The fraction of sp³-hybridized carbons (Fsp3) is 0.414. The summed E-state index contributed by atoms with van der Waals surface area (Å²) in [5, 5.41) is 0. The number of pyridine rings is 1. The summed E-state index contributed by atoms with van der Waals surface area (Å²) in [5.41, 5.74) is 4.15. The summed E-state index contributed by atoms with van der Waals surface area (Å²) < 4.78 is 37.5. The van der Waals surface area contributed by atoms with Gasteiger partial charge in [0.2, 0.25) is 5.88 Å². The molecule has 3 aromatic rings. The van der Waals surface area contributed by atoms with Gasteiger partial charge in [0.25, 0.3) is 0 Å². The number of aromatic nitrogens is 1. The molecule has 0 saturated carbocycles. The monoisotopic (exact) mass is 527 g/mol. The average molecular weight is 528 g/mol. The molecule has 0 amide bonds. The summed E-state index contributed by atoms with van der Waals surface area (Å²) in [4.78, 5) is 15.6. The van der Waals surface area contributed by atoms with E-state index in [1.807, 2.05) is 43.3 Å². The second-order valence-electron chi connectivity index (χ2n) is 9.85.